The molecule has 2 N–H and O–H groups in total. The van der Waals surface area contributed by atoms with E-state index in [0.29, 0.717) is 11.6 Å². The normalized spacial score (nSPS) is 11.6. The molecule has 1 heterocycles. The highest BCUT2D eigenvalue weighted by Crippen LogP contribution is 2.22. The van der Waals surface area contributed by atoms with Gasteiger partial charge in [0.05, 0.1) is 23.9 Å². The van der Waals surface area contributed by atoms with Gasteiger partial charge in [-0.25, -0.2) is 9.38 Å². The van der Waals surface area contributed by atoms with Gasteiger partial charge in [0.1, 0.15) is 5.82 Å². The minimum atomic E-state index is -0.518. The molecule has 0 aliphatic carbocycles. The van der Waals surface area contributed by atoms with Crippen LogP contribution >= 0.6 is 11.6 Å². The van der Waals surface area contributed by atoms with Crippen molar-refractivity contribution in [1.82, 2.24) is 5.16 Å². The first kappa shape index (κ1) is 12.4. The number of methoxy groups -OCH3 is 1. The number of amidine groups is 1. The Bertz CT molecular complexity index is 598. The number of nitrogens with two attached hydrogens (primary N) is 1. The molecule has 0 spiro atoms. The number of halogens is 2. The van der Waals surface area contributed by atoms with Crippen LogP contribution in [0.1, 0.15) is 5.76 Å². The molecular weight excluding hydrogens is 261 g/mol. The summed E-state index contributed by atoms with van der Waals surface area (Å²) in [6.07, 6.45) is 0. The highest BCUT2D eigenvalue weighted by molar-refractivity contribution is 6.31. The standard InChI is InChI=1S/C11H9ClFN3O2/c1-17-10-5-9(18-16-10)11(14)15-6-2-3-8(13)7(12)4-6/h2-5H,1H3,(H2,14,15). The summed E-state index contributed by atoms with van der Waals surface area (Å²) < 4.78 is 22.7. The Morgan fingerprint density at radius 3 is 2.89 bits per heavy atom. The molecule has 0 amide bonds. The Labute approximate surface area is 107 Å². The van der Waals surface area contributed by atoms with Crippen molar-refractivity contribution in [3.05, 3.63) is 40.9 Å². The highest BCUT2D eigenvalue weighted by Gasteiger charge is 2.08. The molecule has 0 radical (unpaired) electrons. The van der Waals surface area contributed by atoms with Crippen LogP contribution in [-0.4, -0.2) is 18.1 Å². The van der Waals surface area contributed by atoms with Gasteiger partial charge in [0.15, 0.2) is 5.84 Å². The average molecular weight is 270 g/mol. The molecule has 0 unspecified atom stereocenters. The lowest BCUT2D eigenvalue weighted by Gasteiger charge is -1.98. The van der Waals surface area contributed by atoms with Gasteiger partial charge in [-0.15, -0.1) is 0 Å². The van der Waals surface area contributed by atoms with Crippen molar-refractivity contribution in [1.29, 1.82) is 0 Å². The fraction of sp³-hybridized carbons (Fsp3) is 0.0909. The Morgan fingerprint density at radius 1 is 1.50 bits per heavy atom. The Hall–Kier alpha value is -2.08. The predicted molar refractivity (Wildman–Crippen MR) is 64.8 cm³/mol. The third-order valence-corrected chi connectivity index (χ3v) is 2.39. The van der Waals surface area contributed by atoms with E-state index >= 15 is 0 Å². The van der Waals surface area contributed by atoms with Gasteiger partial charge in [0.2, 0.25) is 5.76 Å². The number of aliphatic imine (C=N–C) groups is 1. The molecule has 2 rings (SSSR count). The lowest BCUT2D eigenvalue weighted by molar-refractivity contribution is 0.337. The lowest BCUT2D eigenvalue weighted by Crippen LogP contribution is -2.11. The Morgan fingerprint density at radius 2 is 2.28 bits per heavy atom. The van der Waals surface area contributed by atoms with Crippen LogP contribution in [-0.2, 0) is 0 Å². The van der Waals surface area contributed by atoms with E-state index in [1.165, 1.54) is 31.4 Å². The van der Waals surface area contributed by atoms with Crippen LogP contribution in [0.5, 0.6) is 5.88 Å². The topological polar surface area (TPSA) is 73.6 Å². The molecule has 0 aliphatic heterocycles. The summed E-state index contributed by atoms with van der Waals surface area (Å²) in [5, 5.41) is 3.56. The number of aromatic nitrogens is 1. The summed E-state index contributed by atoms with van der Waals surface area (Å²) >= 11 is 5.63. The van der Waals surface area contributed by atoms with Gasteiger partial charge < -0.3 is 15.0 Å². The molecule has 0 bridgehead atoms. The maximum atomic E-state index is 13.0. The van der Waals surface area contributed by atoms with Crippen molar-refractivity contribution < 1.29 is 13.7 Å². The van der Waals surface area contributed by atoms with Gasteiger partial charge in [-0.2, -0.15) is 0 Å². The molecule has 2 aromatic rings. The minimum absolute atomic E-state index is 0.0285. The zero-order valence-corrected chi connectivity index (χ0v) is 10.1. The van der Waals surface area contributed by atoms with E-state index in [-0.39, 0.29) is 16.6 Å². The second kappa shape index (κ2) is 5.05. The largest absolute Gasteiger partial charge is 0.479 e. The zero-order chi connectivity index (χ0) is 13.1. The summed E-state index contributed by atoms with van der Waals surface area (Å²) in [7, 11) is 1.45. The van der Waals surface area contributed by atoms with Gasteiger partial charge >= 0.3 is 0 Å². The second-order valence-electron chi connectivity index (χ2n) is 3.33. The fourth-order valence-corrected chi connectivity index (χ4v) is 1.40. The number of rotatable bonds is 3. The van der Waals surface area contributed by atoms with Gasteiger partial charge in [0, 0.05) is 0 Å². The van der Waals surface area contributed by atoms with Crippen LogP contribution in [0.25, 0.3) is 0 Å². The molecule has 5 nitrogen and oxygen atoms in total. The Kier molecular flexibility index (Phi) is 3.47. The molecule has 0 saturated carbocycles. The zero-order valence-electron chi connectivity index (χ0n) is 9.35. The first-order valence-corrected chi connectivity index (χ1v) is 5.28. The highest BCUT2D eigenvalue weighted by atomic mass is 35.5. The molecule has 0 fully saturated rings. The smallest absolute Gasteiger partial charge is 0.254 e. The molecule has 1 aromatic heterocycles. The first-order chi connectivity index (χ1) is 8.60. The van der Waals surface area contributed by atoms with E-state index < -0.39 is 5.82 Å². The first-order valence-electron chi connectivity index (χ1n) is 4.90. The monoisotopic (exact) mass is 269 g/mol. The number of hydrogen-bond acceptors (Lipinski definition) is 4. The van der Waals surface area contributed by atoms with E-state index in [1.807, 2.05) is 0 Å². The van der Waals surface area contributed by atoms with Crippen LogP contribution in [0.3, 0.4) is 0 Å². The molecule has 0 aliphatic rings. The van der Waals surface area contributed by atoms with E-state index in [1.54, 1.807) is 0 Å². The van der Waals surface area contributed by atoms with E-state index in [4.69, 9.17) is 26.6 Å². The van der Waals surface area contributed by atoms with Gasteiger partial charge in [-0.3, -0.25) is 0 Å². The molecule has 18 heavy (non-hydrogen) atoms. The van der Waals surface area contributed by atoms with Crippen molar-refractivity contribution in [3.8, 4) is 5.88 Å². The van der Waals surface area contributed by atoms with Crippen LogP contribution < -0.4 is 10.5 Å². The summed E-state index contributed by atoms with van der Waals surface area (Å²) in [6.45, 7) is 0. The molecule has 1 aromatic carbocycles. The van der Waals surface area contributed by atoms with Crippen molar-refractivity contribution in [2.75, 3.05) is 7.11 Å². The van der Waals surface area contributed by atoms with Crippen molar-refractivity contribution in [2.24, 2.45) is 10.7 Å². The second-order valence-corrected chi connectivity index (χ2v) is 3.74. The lowest BCUT2D eigenvalue weighted by atomic mass is 10.3. The predicted octanol–water partition coefficient (Wildman–Crippen LogP) is 2.51. The quantitative estimate of drug-likeness (QED) is 0.686. The third-order valence-electron chi connectivity index (χ3n) is 2.10. The SMILES string of the molecule is COc1cc(C(N)=Nc2ccc(F)c(Cl)c2)on1. The molecule has 7 heteroatoms. The van der Waals surface area contributed by atoms with E-state index in [2.05, 4.69) is 10.1 Å². The summed E-state index contributed by atoms with van der Waals surface area (Å²) in [5.74, 6) is 0.122. The number of nitrogens with zero attached hydrogens (tertiary/aromatic N) is 2. The summed E-state index contributed by atoms with van der Waals surface area (Å²) in [5.41, 5.74) is 6.12. The molecule has 0 atom stereocenters. The van der Waals surface area contributed by atoms with Crippen LogP contribution in [0.2, 0.25) is 5.02 Å². The molecular formula is C11H9ClFN3O2. The van der Waals surface area contributed by atoms with Crippen molar-refractivity contribution in [3.63, 3.8) is 0 Å². The maximum absolute atomic E-state index is 13.0. The maximum Gasteiger partial charge on any atom is 0.254 e. The van der Waals surface area contributed by atoms with Gasteiger partial charge in [0.25, 0.3) is 5.88 Å². The molecule has 94 valence electrons. The van der Waals surface area contributed by atoms with Crippen LogP contribution in [0.4, 0.5) is 10.1 Å². The molecule has 0 saturated heterocycles. The van der Waals surface area contributed by atoms with Gasteiger partial charge in [-0.05, 0) is 23.4 Å². The number of benzene rings is 1. The van der Waals surface area contributed by atoms with E-state index in [9.17, 15) is 4.39 Å². The van der Waals surface area contributed by atoms with E-state index in [0.717, 1.165) is 0 Å². The summed E-state index contributed by atoms with van der Waals surface area (Å²) in [6, 6.07) is 5.50. The number of ether oxygens (including phenoxy) is 1. The average Bonchev–Trinajstić information content (AvgIpc) is 2.82. The van der Waals surface area contributed by atoms with Crippen molar-refractivity contribution in [2.45, 2.75) is 0 Å². The number of hydrogen-bond donors (Lipinski definition) is 1. The Balaban J connectivity index is 2.29. The van der Waals surface area contributed by atoms with Crippen molar-refractivity contribution >= 4 is 23.1 Å². The van der Waals surface area contributed by atoms with Crippen LogP contribution in [0.15, 0.2) is 33.8 Å². The third kappa shape index (κ3) is 2.60. The van der Waals surface area contributed by atoms with Gasteiger partial charge in [-0.1, -0.05) is 11.6 Å². The minimum Gasteiger partial charge on any atom is -0.479 e. The van der Waals surface area contributed by atoms with Crippen LogP contribution in [0, 0.1) is 5.82 Å². The fourth-order valence-electron chi connectivity index (χ4n) is 1.22. The summed E-state index contributed by atoms with van der Waals surface area (Å²) in [4.78, 5) is 4.03.